The van der Waals surface area contributed by atoms with Crippen LogP contribution in [0.1, 0.15) is 180 Å². The Morgan fingerprint density at radius 3 is 0.870 bits per heavy atom. The first-order chi connectivity index (χ1) is 70.4. The summed E-state index contributed by atoms with van der Waals surface area (Å²) in [5.41, 5.74) is 39.3. The molecule has 22 heteroatoms. The number of alkyl halides is 2. The van der Waals surface area contributed by atoms with Gasteiger partial charge in [0.15, 0.2) is 17.3 Å². The van der Waals surface area contributed by atoms with E-state index in [4.69, 9.17) is 51.5 Å². The molecule has 16 aromatic rings. The van der Waals surface area contributed by atoms with Crippen molar-refractivity contribution in [3.05, 3.63) is 595 Å². The summed E-state index contributed by atoms with van der Waals surface area (Å²) in [6.45, 7) is 8.44. The molecule has 740 valence electrons. The van der Waals surface area contributed by atoms with Crippen molar-refractivity contribution in [2.45, 2.75) is 94.6 Å². The molecule has 8 N–H and O–H groups in total. The number of nitrogens with zero attached hydrogens (tertiary/aromatic N) is 3. The number of carbonyl (C=O) groups excluding carboxylic acids is 5. The minimum absolute atomic E-state index is 0. The van der Waals surface area contributed by atoms with E-state index in [0.29, 0.717) is 40.8 Å². The van der Waals surface area contributed by atoms with E-state index in [-0.39, 0.29) is 101 Å². The molecule has 1 saturated heterocycles. The number of aliphatic hydroxyl groups excluding tert-OH is 4. The quantitative estimate of drug-likeness (QED) is 0.00205. The van der Waals surface area contributed by atoms with Gasteiger partial charge in [-0.3, -0.25) is 19.2 Å². The van der Waals surface area contributed by atoms with Gasteiger partial charge < -0.3 is 40.5 Å². The van der Waals surface area contributed by atoms with Gasteiger partial charge in [0.25, 0.3) is 0 Å². The number of hydrazone groups is 1. The molecule has 7 unspecified atom stereocenters. The molecule has 0 radical (unpaired) electrons. The normalized spacial score (nSPS) is 12.8. The molecule has 0 saturated carbocycles. The van der Waals surface area contributed by atoms with Gasteiger partial charge in [0.05, 0.1) is 93.2 Å². The number of benzene rings is 16. The highest BCUT2D eigenvalue weighted by Gasteiger charge is 2.42. The lowest BCUT2D eigenvalue weighted by Crippen LogP contribution is -2.25. The number of nitrogens with two attached hydrogens (primary N) is 1. The predicted molar refractivity (Wildman–Crippen MR) is 597 cm³/mol. The van der Waals surface area contributed by atoms with Crippen LogP contribution >= 0.6 is 51.7 Å². The molecule has 2 aliphatic rings. The summed E-state index contributed by atoms with van der Waals surface area (Å²) in [5.74, 6) is 5.55. The van der Waals surface area contributed by atoms with Gasteiger partial charge in [-0.1, -0.05) is 453 Å². The van der Waals surface area contributed by atoms with Crippen LogP contribution in [0.2, 0.25) is 0 Å². The fourth-order valence-electron chi connectivity index (χ4n) is 15.2. The van der Waals surface area contributed by atoms with E-state index in [0.717, 1.165) is 105 Å². The smallest absolute Gasteiger partial charge is 0.379 e. The Labute approximate surface area is 877 Å². The Morgan fingerprint density at radius 2 is 0.589 bits per heavy atom. The van der Waals surface area contributed by atoms with E-state index >= 15 is 0 Å². The Balaban J connectivity index is 0.000000186. The first-order valence-corrected chi connectivity index (χ1v) is 49.0. The maximum Gasteiger partial charge on any atom is 0.379 e. The molecule has 16 aromatic carbocycles. The van der Waals surface area contributed by atoms with Gasteiger partial charge in [-0.25, -0.2) is 4.79 Å². The maximum absolute atomic E-state index is 12.2. The van der Waals surface area contributed by atoms with Crippen LogP contribution in [0, 0.1) is 17.0 Å². The van der Waals surface area contributed by atoms with E-state index < -0.39 is 5.97 Å². The first kappa shape index (κ1) is 114. The van der Waals surface area contributed by atoms with Crippen molar-refractivity contribution in [1.29, 1.82) is 11.1 Å². The second kappa shape index (κ2) is 62.4. The van der Waals surface area contributed by atoms with E-state index in [2.05, 4.69) is 140 Å². The van der Waals surface area contributed by atoms with Crippen molar-refractivity contribution in [2.24, 2.45) is 16.9 Å². The number of ether oxygens (including phenoxy) is 3. The number of ketones is 3. The van der Waals surface area contributed by atoms with Crippen LogP contribution in [0.4, 0.5) is 0 Å². The molecule has 0 amide bonds. The minimum Gasteiger partial charge on any atom is -0.461 e. The summed E-state index contributed by atoms with van der Waals surface area (Å²) in [5, 5.41) is 41.3. The van der Waals surface area contributed by atoms with Crippen LogP contribution in [-0.2, 0) is 74.1 Å². The van der Waals surface area contributed by atoms with Gasteiger partial charge in [0, 0.05) is 73.1 Å². The Kier molecular flexibility index (Phi) is 48.9. The lowest BCUT2D eigenvalue weighted by Gasteiger charge is -2.14. The van der Waals surface area contributed by atoms with Crippen LogP contribution in [0.15, 0.2) is 467 Å². The standard InChI is InChI=1S/C21H19N2O3.C18H18O2.C15H16O.2C14H11BrO.C14H14N2O.C14H13N2O.C14H12O2.2H3P/c22-23-20(15-4-2-1-3-5-15)16-8-6-14(7-9-16)13-25-21(24)18-12-17-10-11-19(18)26-17;1-3-18(19)20-13-15-9-11-17(12-10-15)14(2)16-7-5-4-6-8-16;1-12(14-5-3-2-4-6-14)15-9-7-13(11-16)8-10-15;2*15-10-11-6-8-13(9-7-11)14(16)12-4-2-1-3-5-12;2*15-16-14(12-4-2-1-3-5-12)13-8-6-11(10-17)7-9-13;15-10-11-6-8-13(9-7-11)14(16)12-4-2-1-3-5-12;;/h1-11,17-19,22H,12-13H2;3-12,14H,1,13H2,2H3;2-10,12,16H,11H2,1H3;2*1-9H,10H2;1-9,17H,10,15H2;1-9,15,17H,10H2;1-9,15H,10H2;2*1H3/q+1;;;;;;+1;;;/b;;;;;16-14+;;;;. The van der Waals surface area contributed by atoms with E-state index in [9.17, 15) is 24.0 Å². The number of hydrogen-bond acceptors (Lipinski definition) is 16. The number of hydrogen-bond donors (Lipinski definition) is 7. The Bertz CT molecular complexity index is 6650. The number of halogens is 2. The Morgan fingerprint density at radius 1 is 0.349 bits per heavy atom. The van der Waals surface area contributed by atoms with Crippen LogP contribution < -0.4 is 5.84 Å². The predicted octanol–water partition coefficient (Wildman–Crippen LogP) is 24.8. The molecule has 7 atom stereocenters. The average molecular weight is 2110 g/mol. The SMILES string of the molecule is C=CC(=O)OCc1ccc(C(C)c2ccccc2)cc1.CC(c1ccccc1)c1ccc(CO)cc1.N/N=C(\c1ccccc1)c1ccc(CO)cc1.N=[N+]=C(c1ccccc1)c1ccc(CO)cc1.N=[N+]=C(c1ccccc1)c1ccc(COC(=O)C2CC3C=CC2O3)cc1.O=C(c1ccccc1)c1ccc(CBr)cc1.O=C(c1ccccc1)c1ccc(CBr)cc1.O=C(c1ccccc1)c1ccc(CO)cc1.P.P. The molecule has 2 bridgehead atoms. The van der Waals surface area contributed by atoms with E-state index in [1.54, 1.807) is 36.4 Å². The molecule has 0 aliphatic carbocycles. The molecule has 1 fully saturated rings. The number of aliphatic hydroxyl groups is 4. The zero-order valence-electron chi connectivity index (χ0n) is 81.4. The van der Waals surface area contributed by atoms with Crippen molar-refractivity contribution in [2.75, 3.05) is 0 Å². The summed E-state index contributed by atoms with van der Waals surface area (Å²) in [6.07, 6.45) is 5.77. The topological polar surface area (TPSA) is 308 Å². The van der Waals surface area contributed by atoms with Crippen molar-refractivity contribution < 1.29 is 68.2 Å². The van der Waals surface area contributed by atoms with E-state index in [1.807, 2.05) is 340 Å². The number of carbonyl (C=O) groups is 5. The van der Waals surface area contributed by atoms with Gasteiger partial charge >= 0.3 is 23.4 Å². The van der Waals surface area contributed by atoms with Crippen molar-refractivity contribution in [3.8, 4) is 0 Å². The Hall–Kier alpha value is -15.2. The average Bonchev–Trinajstić information content (AvgIpc) is 1.64. The lowest BCUT2D eigenvalue weighted by molar-refractivity contribution is -0.151. The van der Waals surface area contributed by atoms with Gasteiger partial charge in [-0.15, -0.1) is 0 Å². The van der Waals surface area contributed by atoms with Crippen molar-refractivity contribution >= 4 is 98.1 Å². The number of fused-ring (bicyclic) bond motifs is 2. The summed E-state index contributed by atoms with van der Waals surface area (Å²) in [4.78, 5) is 66.5. The fourth-order valence-corrected chi connectivity index (χ4v) is 15.9. The molecule has 0 spiro atoms. The van der Waals surface area contributed by atoms with Crippen LogP contribution in [-0.4, -0.2) is 88.6 Å². The highest BCUT2D eigenvalue weighted by molar-refractivity contribution is 9.08. The summed E-state index contributed by atoms with van der Waals surface area (Å²) in [7, 11) is 0. The number of rotatable bonds is 28. The summed E-state index contributed by atoms with van der Waals surface area (Å²) in [6, 6.07) is 139. The third-order valence-electron chi connectivity index (χ3n) is 23.5. The van der Waals surface area contributed by atoms with Gasteiger partial charge in [-0.2, -0.15) is 24.9 Å². The molecule has 18 nitrogen and oxygen atoms in total. The van der Waals surface area contributed by atoms with Gasteiger partial charge in [-0.05, 0) is 122 Å². The molecular weight excluding hydrogens is 1990 g/mol. The molecule has 146 heavy (non-hydrogen) atoms. The van der Waals surface area contributed by atoms with Crippen LogP contribution in [0.3, 0.4) is 0 Å². The van der Waals surface area contributed by atoms with Gasteiger partial charge in [0.2, 0.25) is 0 Å². The third kappa shape index (κ3) is 35.4. The van der Waals surface area contributed by atoms with Crippen LogP contribution in [0.25, 0.3) is 0 Å². The number of esters is 2. The number of nitrogens with one attached hydrogen (secondary N) is 2. The van der Waals surface area contributed by atoms with Gasteiger partial charge in [0.1, 0.15) is 13.2 Å². The lowest BCUT2D eigenvalue weighted by atomic mass is 9.93. The minimum atomic E-state index is -0.397. The molecule has 0 aromatic heterocycles. The first-order valence-electron chi connectivity index (χ1n) is 46.8. The molecule has 2 aliphatic heterocycles. The largest absolute Gasteiger partial charge is 0.461 e. The zero-order chi connectivity index (χ0) is 102. The highest BCUT2D eigenvalue weighted by atomic mass is 79.9. The second-order valence-corrected chi connectivity index (χ2v) is 34.3. The monoisotopic (exact) mass is 2100 g/mol. The van der Waals surface area contributed by atoms with Crippen molar-refractivity contribution in [1.82, 2.24) is 0 Å². The highest BCUT2D eigenvalue weighted by Crippen LogP contribution is 2.35. The second-order valence-electron chi connectivity index (χ2n) is 33.2. The third-order valence-corrected chi connectivity index (χ3v) is 24.8. The molecular formula is C124H120Br2N6O12P2+2. The van der Waals surface area contributed by atoms with Crippen molar-refractivity contribution in [3.63, 3.8) is 0 Å². The zero-order valence-corrected chi connectivity index (χ0v) is 87.4. The molecule has 2 heterocycles. The maximum atomic E-state index is 12.2. The van der Waals surface area contributed by atoms with Crippen LogP contribution in [0.5, 0.6) is 0 Å². The van der Waals surface area contributed by atoms with E-state index in [1.165, 1.54) is 39.5 Å². The molecule has 18 rings (SSSR count). The fraction of sp³-hybridized carbons (Fsp3) is 0.129. The summed E-state index contributed by atoms with van der Waals surface area (Å²) >= 11 is 6.76. The summed E-state index contributed by atoms with van der Waals surface area (Å²) < 4.78 is 16.1.